The number of hydrogen-bond acceptors (Lipinski definition) is 3. The maximum atomic E-state index is 10.7. The maximum absolute atomic E-state index is 10.7. The zero-order valence-electron chi connectivity index (χ0n) is 7.61. The molecule has 74 valence electrons. The number of amides is 1. The van der Waals surface area contributed by atoms with E-state index in [9.17, 15) is 9.59 Å². The SMILES string of the molecule is CC(C)CONC(=O)/C=C/C(=O)O. The molecule has 0 heterocycles. The zero-order valence-corrected chi connectivity index (χ0v) is 7.61. The third-order valence-corrected chi connectivity index (χ3v) is 0.967. The van der Waals surface area contributed by atoms with Gasteiger partial charge in [-0.3, -0.25) is 9.63 Å². The Labute approximate surface area is 76.3 Å². The molecule has 0 aromatic heterocycles. The van der Waals surface area contributed by atoms with Crippen molar-refractivity contribution in [1.29, 1.82) is 0 Å². The minimum atomic E-state index is -1.17. The standard InChI is InChI=1S/C8H13NO4/c1-6(2)5-13-9-7(10)3-4-8(11)12/h3-4,6H,5H2,1-2H3,(H,9,10)(H,11,12)/b4-3+. The van der Waals surface area contributed by atoms with E-state index in [-0.39, 0.29) is 0 Å². The predicted octanol–water partition coefficient (Wildman–Crippen LogP) is 0.331. The fourth-order valence-electron chi connectivity index (χ4n) is 0.460. The molecule has 0 aliphatic carbocycles. The van der Waals surface area contributed by atoms with Gasteiger partial charge in [-0.15, -0.1) is 0 Å². The van der Waals surface area contributed by atoms with Gasteiger partial charge in [0, 0.05) is 12.2 Å². The third kappa shape index (κ3) is 8.55. The number of hydroxylamine groups is 1. The summed E-state index contributed by atoms with van der Waals surface area (Å²) in [6, 6.07) is 0. The van der Waals surface area contributed by atoms with E-state index >= 15 is 0 Å². The molecule has 0 radical (unpaired) electrons. The molecule has 0 aromatic rings. The van der Waals surface area contributed by atoms with Crippen molar-refractivity contribution in [2.45, 2.75) is 13.8 Å². The van der Waals surface area contributed by atoms with Gasteiger partial charge in [0.15, 0.2) is 0 Å². The lowest BCUT2D eigenvalue weighted by atomic mass is 10.2. The van der Waals surface area contributed by atoms with Gasteiger partial charge in [-0.25, -0.2) is 10.3 Å². The van der Waals surface area contributed by atoms with E-state index in [0.29, 0.717) is 12.5 Å². The lowest BCUT2D eigenvalue weighted by molar-refractivity contribution is -0.133. The summed E-state index contributed by atoms with van der Waals surface area (Å²) >= 11 is 0. The normalized spacial score (nSPS) is 10.7. The molecule has 2 N–H and O–H groups in total. The first kappa shape index (κ1) is 11.6. The van der Waals surface area contributed by atoms with Crippen molar-refractivity contribution in [3.8, 4) is 0 Å². The van der Waals surface area contributed by atoms with Crippen LogP contribution in [-0.2, 0) is 14.4 Å². The number of carbonyl (C=O) groups excluding carboxylic acids is 1. The van der Waals surface area contributed by atoms with E-state index in [2.05, 4.69) is 5.48 Å². The first-order valence-corrected chi connectivity index (χ1v) is 3.85. The number of hydrogen-bond donors (Lipinski definition) is 2. The van der Waals surface area contributed by atoms with Crippen LogP contribution >= 0.6 is 0 Å². The van der Waals surface area contributed by atoms with E-state index < -0.39 is 11.9 Å². The highest BCUT2D eigenvalue weighted by atomic mass is 16.6. The van der Waals surface area contributed by atoms with Crippen LogP contribution in [-0.4, -0.2) is 23.6 Å². The molecule has 0 aliphatic heterocycles. The fraction of sp³-hybridized carbons (Fsp3) is 0.500. The summed E-state index contributed by atoms with van der Waals surface area (Å²) in [6.07, 6.45) is 1.64. The van der Waals surface area contributed by atoms with E-state index in [4.69, 9.17) is 9.94 Å². The Morgan fingerprint density at radius 1 is 1.46 bits per heavy atom. The Kier molecular flexibility index (Phi) is 5.54. The Morgan fingerprint density at radius 2 is 2.08 bits per heavy atom. The third-order valence-electron chi connectivity index (χ3n) is 0.967. The van der Waals surface area contributed by atoms with E-state index in [0.717, 1.165) is 12.2 Å². The topological polar surface area (TPSA) is 75.6 Å². The smallest absolute Gasteiger partial charge is 0.328 e. The van der Waals surface area contributed by atoms with E-state index in [1.54, 1.807) is 0 Å². The number of rotatable bonds is 5. The van der Waals surface area contributed by atoms with Gasteiger partial charge >= 0.3 is 5.97 Å². The molecular weight excluding hydrogens is 174 g/mol. The Balaban J connectivity index is 3.58. The van der Waals surface area contributed by atoms with E-state index in [1.807, 2.05) is 13.8 Å². The first-order valence-electron chi connectivity index (χ1n) is 3.85. The highest BCUT2D eigenvalue weighted by Gasteiger charge is 1.97. The van der Waals surface area contributed by atoms with Gasteiger partial charge in [-0.05, 0) is 5.92 Å². The second kappa shape index (κ2) is 6.19. The van der Waals surface area contributed by atoms with Gasteiger partial charge < -0.3 is 5.11 Å². The molecule has 0 aliphatic rings. The molecule has 0 saturated carbocycles. The highest BCUT2D eigenvalue weighted by molar-refractivity contribution is 5.93. The lowest BCUT2D eigenvalue weighted by Gasteiger charge is -2.04. The summed E-state index contributed by atoms with van der Waals surface area (Å²) in [6.45, 7) is 4.26. The first-order chi connectivity index (χ1) is 6.02. The second-order valence-electron chi connectivity index (χ2n) is 2.84. The average Bonchev–Trinajstić information content (AvgIpc) is 2.00. The fourth-order valence-corrected chi connectivity index (χ4v) is 0.460. The van der Waals surface area contributed by atoms with Gasteiger partial charge in [0.1, 0.15) is 0 Å². The van der Waals surface area contributed by atoms with E-state index in [1.165, 1.54) is 0 Å². The van der Waals surface area contributed by atoms with Gasteiger partial charge in [0.2, 0.25) is 0 Å². The Morgan fingerprint density at radius 3 is 2.54 bits per heavy atom. The molecule has 0 bridgehead atoms. The quantitative estimate of drug-likeness (QED) is 0.480. The van der Waals surface area contributed by atoms with Crippen LogP contribution < -0.4 is 5.48 Å². The molecule has 5 heteroatoms. The van der Waals surface area contributed by atoms with Crippen molar-refractivity contribution in [3.05, 3.63) is 12.2 Å². The maximum Gasteiger partial charge on any atom is 0.328 e. The number of carboxylic acid groups (broad SMARTS) is 1. The molecule has 0 aromatic carbocycles. The molecule has 0 spiro atoms. The number of aliphatic carboxylic acids is 1. The van der Waals surface area contributed by atoms with Gasteiger partial charge in [-0.2, -0.15) is 0 Å². The average molecular weight is 187 g/mol. The molecule has 5 nitrogen and oxygen atoms in total. The van der Waals surface area contributed by atoms with Gasteiger partial charge in [-0.1, -0.05) is 13.8 Å². The largest absolute Gasteiger partial charge is 0.478 e. The molecule has 0 saturated heterocycles. The van der Waals surface area contributed by atoms with Crippen molar-refractivity contribution in [2.75, 3.05) is 6.61 Å². The Bertz CT molecular complexity index is 210. The summed E-state index contributed by atoms with van der Waals surface area (Å²) in [5, 5.41) is 8.17. The minimum Gasteiger partial charge on any atom is -0.478 e. The second-order valence-corrected chi connectivity index (χ2v) is 2.84. The molecule has 0 atom stereocenters. The summed E-state index contributed by atoms with van der Waals surface area (Å²) in [4.78, 5) is 25.5. The summed E-state index contributed by atoms with van der Waals surface area (Å²) < 4.78 is 0. The van der Waals surface area contributed by atoms with Crippen molar-refractivity contribution >= 4 is 11.9 Å². The van der Waals surface area contributed by atoms with Crippen molar-refractivity contribution in [3.63, 3.8) is 0 Å². The molecule has 0 rings (SSSR count). The summed E-state index contributed by atoms with van der Waals surface area (Å²) in [5.74, 6) is -1.44. The van der Waals surface area contributed by atoms with Crippen LogP contribution in [0.1, 0.15) is 13.8 Å². The monoisotopic (exact) mass is 187 g/mol. The summed E-state index contributed by atoms with van der Waals surface area (Å²) in [7, 11) is 0. The van der Waals surface area contributed by atoms with Crippen molar-refractivity contribution < 1.29 is 19.5 Å². The van der Waals surface area contributed by atoms with Crippen molar-refractivity contribution in [2.24, 2.45) is 5.92 Å². The highest BCUT2D eigenvalue weighted by Crippen LogP contribution is 1.89. The molecule has 0 fully saturated rings. The molecule has 13 heavy (non-hydrogen) atoms. The van der Waals surface area contributed by atoms with Crippen LogP contribution in [0.4, 0.5) is 0 Å². The van der Waals surface area contributed by atoms with Gasteiger partial charge in [0.05, 0.1) is 6.61 Å². The molecular formula is C8H13NO4. The van der Waals surface area contributed by atoms with Crippen LogP contribution in [0.2, 0.25) is 0 Å². The predicted molar refractivity (Wildman–Crippen MR) is 45.7 cm³/mol. The van der Waals surface area contributed by atoms with Crippen LogP contribution in [0, 0.1) is 5.92 Å². The molecule has 1 amide bonds. The van der Waals surface area contributed by atoms with Crippen LogP contribution in [0.5, 0.6) is 0 Å². The number of carbonyl (C=O) groups is 2. The van der Waals surface area contributed by atoms with Crippen molar-refractivity contribution in [1.82, 2.24) is 5.48 Å². The van der Waals surface area contributed by atoms with Gasteiger partial charge in [0.25, 0.3) is 5.91 Å². The van der Waals surface area contributed by atoms with Crippen LogP contribution in [0.15, 0.2) is 12.2 Å². The van der Waals surface area contributed by atoms with Crippen LogP contribution in [0.25, 0.3) is 0 Å². The minimum absolute atomic E-state index is 0.309. The molecule has 0 unspecified atom stereocenters. The lowest BCUT2D eigenvalue weighted by Crippen LogP contribution is -2.23. The number of nitrogens with one attached hydrogen (secondary N) is 1. The Hall–Kier alpha value is -1.36. The summed E-state index contributed by atoms with van der Waals surface area (Å²) in [5.41, 5.74) is 2.08. The number of carboxylic acids is 1. The van der Waals surface area contributed by atoms with Crippen LogP contribution in [0.3, 0.4) is 0 Å². The zero-order chi connectivity index (χ0) is 10.3.